The van der Waals surface area contributed by atoms with Crippen molar-refractivity contribution in [2.45, 2.75) is 38.5 Å². The highest BCUT2D eigenvalue weighted by molar-refractivity contribution is 7.71. The van der Waals surface area contributed by atoms with Gasteiger partial charge in [0.1, 0.15) is 5.82 Å². The number of hydrogen-bond donors (Lipinski definition) is 2. The van der Waals surface area contributed by atoms with Crippen LogP contribution in [0.5, 0.6) is 0 Å². The molecule has 0 amide bonds. The van der Waals surface area contributed by atoms with Crippen molar-refractivity contribution < 1.29 is 0 Å². The molecular formula is C9H15N3S. The average molecular weight is 197 g/mol. The van der Waals surface area contributed by atoms with Gasteiger partial charge in [0.2, 0.25) is 4.77 Å². The highest BCUT2D eigenvalue weighted by Crippen LogP contribution is 2.25. The van der Waals surface area contributed by atoms with Gasteiger partial charge in [-0.2, -0.15) is 0 Å². The maximum atomic E-state index is 4.90. The van der Waals surface area contributed by atoms with Crippen molar-refractivity contribution in [2.75, 3.05) is 0 Å². The fourth-order valence-electron chi connectivity index (χ4n) is 2.07. The van der Waals surface area contributed by atoms with E-state index in [1.54, 1.807) is 0 Å². The van der Waals surface area contributed by atoms with E-state index in [-0.39, 0.29) is 0 Å². The van der Waals surface area contributed by atoms with E-state index in [4.69, 9.17) is 12.2 Å². The molecule has 1 saturated carbocycles. The first-order valence-electron chi connectivity index (χ1n) is 4.98. The summed E-state index contributed by atoms with van der Waals surface area (Å²) in [6.45, 7) is 0. The molecule has 0 bridgehead atoms. The van der Waals surface area contributed by atoms with Gasteiger partial charge in [0.15, 0.2) is 0 Å². The van der Waals surface area contributed by atoms with E-state index in [1.165, 1.54) is 32.1 Å². The molecule has 1 aliphatic rings. The van der Waals surface area contributed by atoms with Gasteiger partial charge >= 0.3 is 0 Å². The van der Waals surface area contributed by atoms with Crippen molar-refractivity contribution >= 4 is 12.2 Å². The topological polar surface area (TPSA) is 44.5 Å². The van der Waals surface area contributed by atoms with Crippen LogP contribution in [0.15, 0.2) is 0 Å². The Labute approximate surface area is 83.0 Å². The monoisotopic (exact) mass is 197 g/mol. The van der Waals surface area contributed by atoms with E-state index in [0.717, 1.165) is 18.2 Å². The van der Waals surface area contributed by atoms with Gasteiger partial charge in [-0.15, -0.1) is 0 Å². The van der Waals surface area contributed by atoms with Gasteiger partial charge in [0, 0.05) is 6.42 Å². The third-order valence-electron chi connectivity index (χ3n) is 2.76. The van der Waals surface area contributed by atoms with E-state index >= 15 is 0 Å². The smallest absolute Gasteiger partial charge is 0.213 e. The molecule has 2 rings (SSSR count). The van der Waals surface area contributed by atoms with Crippen molar-refractivity contribution in [1.82, 2.24) is 15.2 Å². The number of rotatable bonds is 2. The van der Waals surface area contributed by atoms with E-state index in [0.29, 0.717) is 4.77 Å². The van der Waals surface area contributed by atoms with Crippen LogP contribution >= 0.6 is 12.2 Å². The van der Waals surface area contributed by atoms with Crippen LogP contribution in [0.4, 0.5) is 0 Å². The lowest BCUT2D eigenvalue weighted by Crippen LogP contribution is -2.10. The number of hydrogen-bond acceptors (Lipinski definition) is 2. The zero-order chi connectivity index (χ0) is 9.10. The average Bonchev–Trinajstić information content (AvgIpc) is 2.53. The van der Waals surface area contributed by atoms with Crippen LogP contribution < -0.4 is 0 Å². The first-order valence-corrected chi connectivity index (χ1v) is 5.39. The van der Waals surface area contributed by atoms with E-state index in [2.05, 4.69) is 15.2 Å². The Bertz CT molecular complexity index is 309. The first-order chi connectivity index (χ1) is 6.34. The minimum absolute atomic E-state index is 0.575. The molecular weight excluding hydrogens is 182 g/mol. The SMILES string of the molecule is S=c1nc(CC2CCCCC2)[nH][nH]1. The fraction of sp³-hybridized carbons (Fsp3) is 0.778. The Morgan fingerprint density at radius 2 is 2.00 bits per heavy atom. The number of H-pyrrole nitrogens is 2. The summed E-state index contributed by atoms with van der Waals surface area (Å²) in [6.07, 6.45) is 7.95. The predicted octanol–water partition coefficient (Wildman–Crippen LogP) is 2.59. The molecule has 1 aromatic heterocycles. The van der Waals surface area contributed by atoms with Crippen molar-refractivity contribution in [1.29, 1.82) is 0 Å². The Balaban J connectivity index is 1.93. The predicted molar refractivity (Wildman–Crippen MR) is 54.1 cm³/mol. The molecule has 1 heterocycles. The molecule has 1 fully saturated rings. The lowest BCUT2D eigenvalue weighted by atomic mass is 9.87. The second-order valence-electron chi connectivity index (χ2n) is 3.82. The molecule has 2 N–H and O–H groups in total. The number of aromatic amines is 2. The standard InChI is InChI=1S/C9H15N3S/c13-9-10-8(11-12-9)6-7-4-2-1-3-5-7/h7H,1-6H2,(H2,10,11,12,13). The van der Waals surface area contributed by atoms with Crippen LogP contribution in [0, 0.1) is 10.7 Å². The first kappa shape index (κ1) is 8.94. The molecule has 0 atom stereocenters. The molecule has 0 spiro atoms. The minimum Gasteiger partial charge on any atom is -0.286 e. The number of aromatic nitrogens is 3. The van der Waals surface area contributed by atoms with E-state index < -0.39 is 0 Å². The fourth-order valence-corrected chi connectivity index (χ4v) is 2.23. The molecule has 1 aliphatic carbocycles. The van der Waals surface area contributed by atoms with Crippen molar-refractivity contribution in [3.63, 3.8) is 0 Å². The second kappa shape index (κ2) is 4.05. The highest BCUT2D eigenvalue weighted by Gasteiger charge is 2.14. The van der Waals surface area contributed by atoms with Crippen LogP contribution in [0.25, 0.3) is 0 Å². The van der Waals surface area contributed by atoms with Gasteiger partial charge in [-0.25, -0.2) is 4.98 Å². The molecule has 72 valence electrons. The largest absolute Gasteiger partial charge is 0.286 e. The van der Waals surface area contributed by atoms with Crippen molar-refractivity contribution in [3.05, 3.63) is 10.6 Å². The molecule has 0 aliphatic heterocycles. The molecule has 1 aromatic rings. The highest BCUT2D eigenvalue weighted by atomic mass is 32.1. The summed E-state index contributed by atoms with van der Waals surface area (Å²) in [5.74, 6) is 1.85. The van der Waals surface area contributed by atoms with Gasteiger partial charge in [-0.05, 0) is 18.1 Å². The lowest BCUT2D eigenvalue weighted by Gasteiger charge is -2.19. The van der Waals surface area contributed by atoms with Crippen LogP contribution in [-0.2, 0) is 6.42 Å². The summed E-state index contributed by atoms with van der Waals surface area (Å²) in [5.41, 5.74) is 0. The van der Waals surface area contributed by atoms with Crippen LogP contribution in [0.1, 0.15) is 37.9 Å². The Kier molecular flexibility index (Phi) is 2.78. The molecule has 0 saturated heterocycles. The maximum Gasteiger partial charge on any atom is 0.213 e. The summed E-state index contributed by atoms with van der Waals surface area (Å²) < 4.78 is 0.575. The Hall–Kier alpha value is -0.640. The summed E-state index contributed by atoms with van der Waals surface area (Å²) in [7, 11) is 0. The lowest BCUT2D eigenvalue weighted by molar-refractivity contribution is 0.352. The number of nitrogens with zero attached hydrogens (tertiary/aromatic N) is 1. The molecule has 0 aromatic carbocycles. The zero-order valence-corrected chi connectivity index (χ0v) is 8.49. The third-order valence-corrected chi connectivity index (χ3v) is 2.95. The van der Waals surface area contributed by atoms with E-state index in [1.807, 2.05) is 0 Å². The van der Waals surface area contributed by atoms with Crippen LogP contribution in [-0.4, -0.2) is 15.2 Å². The Morgan fingerprint density at radius 3 is 2.62 bits per heavy atom. The van der Waals surface area contributed by atoms with Gasteiger partial charge in [0.05, 0.1) is 0 Å². The van der Waals surface area contributed by atoms with E-state index in [9.17, 15) is 0 Å². The zero-order valence-electron chi connectivity index (χ0n) is 7.68. The van der Waals surface area contributed by atoms with Crippen molar-refractivity contribution in [2.24, 2.45) is 5.92 Å². The second-order valence-corrected chi connectivity index (χ2v) is 4.21. The van der Waals surface area contributed by atoms with Gasteiger partial charge in [0.25, 0.3) is 0 Å². The molecule has 4 heteroatoms. The Morgan fingerprint density at radius 1 is 1.23 bits per heavy atom. The molecule has 13 heavy (non-hydrogen) atoms. The third kappa shape index (κ3) is 2.40. The quantitative estimate of drug-likeness (QED) is 0.716. The normalized spacial score (nSPS) is 19.1. The summed E-state index contributed by atoms with van der Waals surface area (Å²) in [5, 5.41) is 5.85. The molecule has 0 radical (unpaired) electrons. The van der Waals surface area contributed by atoms with Crippen LogP contribution in [0.3, 0.4) is 0 Å². The number of nitrogens with one attached hydrogen (secondary N) is 2. The molecule has 0 unspecified atom stereocenters. The summed E-state index contributed by atoms with van der Waals surface area (Å²) in [6, 6.07) is 0. The molecule has 3 nitrogen and oxygen atoms in total. The maximum absolute atomic E-state index is 4.90. The summed E-state index contributed by atoms with van der Waals surface area (Å²) >= 11 is 4.90. The van der Waals surface area contributed by atoms with Gasteiger partial charge < -0.3 is 0 Å². The summed E-state index contributed by atoms with van der Waals surface area (Å²) in [4.78, 5) is 4.21. The van der Waals surface area contributed by atoms with Crippen molar-refractivity contribution in [3.8, 4) is 0 Å². The van der Waals surface area contributed by atoms with Gasteiger partial charge in [-0.1, -0.05) is 32.1 Å². The van der Waals surface area contributed by atoms with Gasteiger partial charge in [-0.3, -0.25) is 10.2 Å². The minimum atomic E-state index is 0.575. The van der Waals surface area contributed by atoms with Crippen LogP contribution in [0.2, 0.25) is 0 Å².